The summed E-state index contributed by atoms with van der Waals surface area (Å²) in [5, 5.41) is 11.3. The molecule has 1 rings (SSSR count). The Labute approximate surface area is 95.8 Å². The first-order valence-electron chi connectivity index (χ1n) is 5.63. The van der Waals surface area contributed by atoms with Crippen molar-refractivity contribution in [3.8, 4) is 0 Å². The molecular formula is C11H22BrNO. The largest absolute Gasteiger partial charge is 0.389 e. The summed E-state index contributed by atoms with van der Waals surface area (Å²) in [5.74, 6) is 0. The van der Waals surface area contributed by atoms with Gasteiger partial charge in [-0.25, -0.2) is 0 Å². The van der Waals surface area contributed by atoms with Crippen LogP contribution in [-0.4, -0.2) is 41.1 Å². The van der Waals surface area contributed by atoms with Gasteiger partial charge in [-0.2, -0.15) is 0 Å². The maximum Gasteiger partial charge on any atom is 0.0774 e. The van der Waals surface area contributed by atoms with E-state index in [1.165, 1.54) is 25.7 Å². The Bertz CT molecular complexity index is 157. The summed E-state index contributed by atoms with van der Waals surface area (Å²) in [7, 11) is 2.12. The second kappa shape index (κ2) is 6.09. The van der Waals surface area contributed by atoms with E-state index in [2.05, 4.69) is 27.9 Å². The Hall–Kier alpha value is 0.400. The van der Waals surface area contributed by atoms with Gasteiger partial charge in [-0.05, 0) is 39.3 Å². The molecule has 0 saturated heterocycles. The summed E-state index contributed by atoms with van der Waals surface area (Å²) >= 11 is 3.43. The molecule has 1 aliphatic carbocycles. The topological polar surface area (TPSA) is 23.5 Å². The molecule has 0 aliphatic heterocycles. The Balaban J connectivity index is 2.15. The molecule has 0 amide bonds. The Kier molecular flexibility index (Phi) is 5.42. The minimum atomic E-state index is -0.372. The SMILES string of the molecule is CN(CCCCBr)CC1(O)CCCC1. The predicted molar refractivity (Wildman–Crippen MR) is 63.9 cm³/mol. The van der Waals surface area contributed by atoms with Gasteiger partial charge in [-0.3, -0.25) is 0 Å². The van der Waals surface area contributed by atoms with E-state index >= 15 is 0 Å². The number of hydrogen-bond acceptors (Lipinski definition) is 2. The van der Waals surface area contributed by atoms with Crippen LogP contribution in [0.4, 0.5) is 0 Å². The van der Waals surface area contributed by atoms with Crippen LogP contribution in [0.5, 0.6) is 0 Å². The Morgan fingerprint density at radius 1 is 1.29 bits per heavy atom. The second-order valence-electron chi connectivity index (χ2n) is 4.57. The van der Waals surface area contributed by atoms with E-state index in [0.717, 1.165) is 31.3 Å². The molecule has 1 fully saturated rings. The number of rotatable bonds is 6. The van der Waals surface area contributed by atoms with Crippen LogP contribution in [0.3, 0.4) is 0 Å². The van der Waals surface area contributed by atoms with Gasteiger partial charge >= 0.3 is 0 Å². The van der Waals surface area contributed by atoms with Crippen LogP contribution in [0.15, 0.2) is 0 Å². The third-order valence-corrected chi connectivity index (χ3v) is 3.58. The molecule has 2 nitrogen and oxygen atoms in total. The third kappa shape index (κ3) is 4.28. The van der Waals surface area contributed by atoms with Crippen molar-refractivity contribution >= 4 is 15.9 Å². The normalized spacial score (nSPS) is 20.6. The molecule has 0 unspecified atom stereocenters. The van der Waals surface area contributed by atoms with Gasteiger partial charge in [-0.15, -0.1) is 0 Å². The van der Waals surface area contributed by atoms with Crippen molar-refractivity contribution < 1.29 is 5.11 Å². The van der Waals surface area contributed by atoms with Gasteiger partial charge in [0.15, 0.2) is 0 Å². The summed E-state index contributed by atoms with van der Waals surface area (Å²) in [6, 6.07) is 0. The highest BCUT2D eigenvalue weighted by atomic mass is 79.9. The minimum Gasteiger partial charge on any atom is -0.389 e. The van der Waals surface area contributed by atoms with Gasteiger partial charge in [0.2, 0.25) is 0 Å². The smallest absolute Gasteiger partial charge is 0.0774 e. The van der Waals surface area contributed by atoms with Crippen molar-refractivity contribution in [1.29, 1.82) is 0 Å². The van der Waals surface area contributed by atoms with E-state index in [1.807, 2.05) is 0 Å². The quantitative estimate of drug-likeness (QED) is 0.588. The van der Waals surface area contributed by atoms with Crippen LogP contribution in [0.1, 0.15) is 38.5 Å². The Morgan fingerprint density at radius 3 is 2.50 bits per heavy atom. The fraction of sp³-hybridized carbons (Fsp3) is 1.00. The van der Waals surface area contributed by atoms with Crippen molar-refractivity contribution in [3.05, 3.63) is 0 Å². The summed E-state index contributed by atoms with van der Waals surface area (Å²) in [4.78, 5) is 2.27. The average Bonchev–Trinajstić information content (AvgIpc) is 2.52. The van der Waals surface area contributed by atoms with Crippen LogP contribution in [0.25, 0.3) is 0 Å². The second-order valence-corrected chi connectivity index (χ2v) is 5.36. The zero-order chi connectivity index (χ0) is 10.4. The van der Waals surface area contributed by atoms with E-state index in [0.29, 0.717) is 0 Å². The average molecular weight is 264 g/mol. The summed E-state index contributed by atoms with van der Waals surface area (Å²) in [6.07, 6.45) is 6.84. The Morgan fingerprint density at radius 2 is 1.93 bits per heavy atom. The lowest BCUT2D eigenvalue weighted by Gasteiger charge is -2.28. The third-order valence-electron chi connectivity index (χ3n) is 3.02. The van der Waals surface area contributed by atoms with E-state index in [9.17, 15) is 5.11 Å². The zero-order valence-corrected chi connectivity index (χ0v) is 10.7. The molecule has 3 heteroatoms. The van der Waals surface area contributed by atoms with Crippen molar-refractivity contribution in [2.24, 2.45) is 0 Å². The molecule has 0 atom stereocenters. The highest BCUT2D eigenvalue weighted by Crippen LogP contribution is 2.29. The van der Waals surface area contributed by atoms with E-state index in [4.69, 9.17) is 0 Å². The van der Waals surface area contributed by atoms with Gasteiger partial charge in [0.1, 0.15) is 0 Å². The van der Waals surface area contributed by atoms with E-state index in [1.54, 1.807) is 0 Å². The molecule has 0 aromatic carbocycles. The molecule has 1 saturated carbocycles. The molecule has 0 radical (unpaired) electrons. The molecule has 0 bridgehead atoms. The lowest BCUT2D eigenvalue weighted by atomic mass is 10.0. The molecule has 0 aromatic rings. The first kappa shape index (κ1) is 12.5. The van der Waals surface area contributed by atoms with Crippen LogP contribution in [-0.2, 0) is 0 Å². The maximum atomic E-state index is 10.2. The maximum absolute atomic E-state index is 10.2. The standard InChI is InChI=1S/C11H22BrNO/c1-13(9-5-4-8-12)10-11(14)6-2-3-7-11/h14H,2-10H2,1H3. The molecule has 0 aromatic heterocycles. The van der Waals surface area contributed by atoms with Gasteiger partial charge in [-0.1, -0.05) is 28.8 Å². The monoisotopic (exact) mass is 263 g/mol. The summed E-state index contributed by atoms with van der Waals surface area (Å²) in [5.41, 5.74) is -0.372. The number of unbranched alkanes of at least 4 members (excludes halogenated alkanes) is 1. The number of halogens is 1. The van der Waals surface area contributed by atoms with Gasteiger partial charge in [0, 0.05) is 11.9 Å². The van der Waals surface area contributed by atoms with Crippen LogP contribution < -0.4 is 0 Å². The molecule has 1 N–H and O–H groups in total. The van der Waals surface area contributed by atoms with Gasteiger partial charge in [0.05, 0.1) is 5.60 Å². The number of aliphatic hydroxyl groups is 1. The van der Waals surface area contributed by atoms with Crippen molar-refractivity contribution in [1.82, 2.24) is 4.90 Å². The number of hydrogen-bond donors (Lipinski definition) is 1. The van der Waals surface area contributed by atoms with E-state index in [-0.39, 0.29) is 5.60 Å². The lowest BCUT2D eigenvalue weighted by molar-refractivity contribution is 0.0162. The van der Waals surface area contributed by atoms with Gasteiger partial charge in [0.25, 0.3) is 0 Å². The molecule has 1 aliphatic rings. The first-order chi connectivity index (χ1) is 6.66. The fourth-order valence-corrected chi connectivity index (χ4v) is 2.65. The zero-order valence-electron chi connectivity index (χ0n) is 9.14. The minimum absolute atomic E-state index is 0.372. The van der Waals surface area contributed by atoms with Crippen LogP contribution in [0.2, 0.25) is 0 Å². The van der Waals surface area contributed by atoms with Crippen molar-refractivity contribution in [2.45, 2.75) is 44.1 Å². The number of nitrogens with zero attached hydrogens (tertiary/aromatic N) is 1. The lowest BCUT2D eigenvalue weighted by Crippen LogP contribution is -2.39. The summed E-state index contributed by atoms with van der Waals surface area (Å²) < 4.78 is 0. The predicted octanol–water partition coefficient (Wildman–Crippen LogP) is 2.40. The van der Waals surface area contributed by atoms with Crippen molar-refractivity contribution in [3.63, 3.8) is 0 Å². The highest BCUT2D eigenvalue weighted by Gasteiger charge is 2.31. The molecular weight excluding hydrogens is 242 g/mol. The van der Waals surface area contributed by atoms with Crippen LogP contribution in [0, 0.1) is 0 Å². The molecule has 84 valence electrons. The van der Waals surface area contributed by atoms with Crippen LogP contribution >= 0.6 is 15.9 Å². The molecule has 0 spiro atoms. The van der Waals surface area contributed by atoms with E-state index < -0.39 is 0 Å². The summed E-state index contributed by atoms with van der Waals surface area (Å²) in [6.45, 7) is 1.96. The fourth-order valence-electron chi connectivity index (χ4n) is 2.25. The number of likely N-dealkylation sites (N-methyl/N-ethyl adjacent to an activating group) is 1. The van der Waals surface area contributed by atoms with Gasteiger partial charge < -0.3 is 10.0 Å². The molecule has 14 heavy (non-hydrogen) atoms. The highest BCUT2D eigenvalue weighted by molar-refractivity contribution is 9.09. The van der Waals surface area contributed by atoms with Crippen molar-refractivity contribution in [2.75, 3.05) is 25.5 Å². The first-order valence-corrected chi connectivity index (χ1v) is 6.75. The number of alkyl halides is 1. The molecule has 0 heterocycles.